The average molecular weight is 384 g/mol. The monoisotopic (exact) mass is 384 g/mol. The largest absolute Gasteiger partial charge is 0.506 e. The van der Waals surface area contributed by atoms with Crippen molar-refractivity contribution in [3.63, 3.8) is 0 Å². The summed E-state index contributed by atoms with van der Waals surface area (Å²) >= 11 is 0. The lowest BCUT2D eigenvalue weighted by molar-refractivity contribution is 0.0892. The maximum atomic E-state index is 13.0. The Morgan fingerprint density at radius 3 is 2.26 bits per heavy atom. The molecule has 3 aromatic carbocycles. The molecule has 1 aliphatic heterocycles. The van der Waals surface area contributed by atoms with Crippen LogP contribution in [0.25, 0.3) is 10.8 Å². The van der Waals surface area contributed by atoms with Crippen molar-refractivity contribution >= 4 is 44.1 Å². The van der Waals surface area contributed by atoms with Crippen LogP contribution in [-0.4, -0.2) is 29.9 Å². The highest BCUT2D eigenvalue weighted by atomic mass is 32.2. The summed E-state index contributed by atoms with van der Waals surface area (Å²) in [6, 6.07) is 11.1. The normalized spacial score (nSPS) is 14.0. The maximum absolute atomic E-state index is 13.0. The van der Waals surface area contributed by atoms with Gasteiger partial charge in [0.2, 0.25) is 0 Å². The molecular weight excluding hydrogens is 372 g/mol. The topological polar surface area (TPSA) is 138 Å². The molecule has 0 spiro atoms. The first kappa shape index (κ1) is 17.0. The van der Waals surface area contributed by atoms with Crippen LogP contribution in [0, 0.1) is 0 Å². The molecule has 3 aromatic rings. The molecule has 4 N–H and O–H groups in total. The lowest BCUT2D eigenvalue weighted by Gasteiger charge is -2.28. The number of carbonyl (C=O) groups excluding carboxylic acids is 2. The van der Waals surface area contributed by atoms with Crippen LogP contribution in [0.1, 0.15) is 20.7 Å². The van der Waals surface area contributed by atoms with E-state index in [4.69, 9.17) is 5.73 Å². The number of carbonyl (C=O) groups is 2. The summed E-state index contributed by atoms with van der Waals surface area (Å²) in [5, 5.41) is 10.4. The van der Waals surface area contributed by atoms with Gasteiger partial charge in [0.15, 0.2) is 0 Å². The lowest BCUT2D eigenvalue weighted by atomic mass is 9.92. The first-order chi connectivity index (χ1) is 12.7. The van der Waals surface area contributed by atoms with Crippen molar-refractivity contribution in [1.29, 1.82) is 0 Å². The zero-order chi connectivity index (χ0) is 19.5. The SMILES string of the molecule is Nc1c(S(=O)(=O)O)cc2c3c(cccc13)C(=O)N(c1ccccc1O)C2=O. The number of imide groups is 1. The molecule has 136 valence electrons. The Balaban J connectivity index is 2.10. The summed E-state index contributed by atoms with van der Waals surface area (Å²) in [4.78, 5) is 26.1. The Bertz CT molecular complexity index is 1270. The van der Waals surface area contributed by atoms with Gasteiger partial charge in [0.05, 0.1) is 16.9 Å². The van der Waals surface area contributed by atoms with Gasteiger partial charge in [-0.15, -0.1) is 0 Å². The van der Waals surface area contributed by atoms with Crippen LogP contribution in [-0.2, 0) is 10.1 Å². The number of nitrogens with zero attached hydrogens (tertiary/aromatic N) is 1. The molecule has 0 unspecified atom stereocenters. The maximum Gasteiger partial charge on any atom is 0.296 e. The van der Waals surface area contributed by atoms with Gasteiger partial charge >= 0.3 is 0 Å². The number of hydrogen-bond donors (Lipinski definition) is 3. The Kier molecular flexibility index (Phi) is 3.48. The predicted octanol–water partition coefficient (Wildman–Crippen LogP) is 2.17. The number of rotatable bonds is 2. The molecule has 2 amide bonds. The van der Waals surface area contributed by atoms with Crippen LogP contribution in [0.15, 0.2) is 53.4 Å². The third kappa shape index (κ3) is 2.36. The van der Waals surface area contributed by atoms with Gasteiger partial charge in [-0.3, -0.25) is 14.1 Å². The molecule has 8 nitrogen and oxygen atoms in total. The molecule has 0 saturated carbocycles. The van der Waals surface area contributed by atoms with Crippen LogP contribution < -0.4 is 10.6 Å². The van der Waals surface area contributed by atoms with Crippen LogP contribution in [0.3, 0.4) is 0 Å². The summed E-state index contributed by atoms with van der Waals surface area (Å²) in [6.45, 7) is 0. The van der Waals surface area contributed by atoms with Crippen molar-refractivity contribution < 1.29 is 27.7 Å². The molecular formula is C18H12N2O6S. The predicted molar refractivity (Wildman–Crippen MR) is 97.4 cm³/mol. The summed E-state index contributed by atoms with van der Waals surface area (Å²) in [6.07, 6.45) is 0. The molecule has 0 saturated heterocycles. The minimum Gasteiger partial charge on any atom is -0.506 e. The Labute approximate surface area is 153 Å². The number of benzene rings is 3. The zero-order valence-corrected chi connectivity index (χ0v) is 14.4. The Hall–Kier alpha value is -3.43. The fourth-order valence-corrected chi connectivity index (χ4v) is 3.90. The van der Waals surface area contributed by atoms with Gasteiger partial charge in [0, 0.05) is 16.3 Å². The van der Waals surface area contributed by atoms with E-state index in [1.807, 2.05) is 0 Å². The Morgan fingerprint density at radius 2 is 1.59 bits per heavy atom. The molecule has 27 heavy (non-hydrogen) atoms. The molecule has 1 heterocycles. The van der Waals surface area contributed by atoms with Gasteiger partial charge in [-0.2, -0.15) is 8.42 Å². The number of aromatic hydroxyl groups is 1. The molecule has 9 heteroatoms. The van der Waals surface area contributed by atoms with E-state index in [0.29, 0.717) is 0 Å². The molecule has 0 aliphatic carbocycles. The van der Waals surface area contributed by atoms with Gasteiger partial charge in [0.25, 0.3) is 21.9 Å². The Morgan fingerprint density at radius 1 is 0.926 bits per heavy atom. The van der Waals surface area contributed by atoms with E-state index in [1.54, 1.807) is 0 Å². The van der Waals surface area contributed by atoms with Crippen molar-refractivity contribution in [3.05, 3.63) is 59.7 Å². The fourth-order valence-electron chi connectivity index (χ4n) is 3.25. The van der Waals surface area contributed by atoms with E-state index >= 15 is 0 Å². The van der Waals surface area contributed by atoms with Crippen LogP contribution in [0.5, 0.6) is 5.75 Å². The van der Waals surface area contributed by atoms with Gasteiger partial charge in [-0.05, 0) is 24.3 Å². The van der Waals surface area contributed by atoms with Crippen molar-refractivity contribution in [1.82, 2.24) is 0 Å². The summed E-state index contributed by atoms with van der Waals surface area (Å²) in [7, 11) is -4.70. The second-order valence-electron chi connectivity index (χ2n) is 5.97. The quantitative estimate of drug-likeness (QED) is 0.350. The van der Waals surface area contributed by atoms with E-state index in [9.17, 15) is 27.7 Å². The standard InChI is InChI=1S/C18H12N2O6S/c19-16-9-4-3-5-10-15(9)11(8-14(16)27(24,25)26)18(23)20(17(10)22)12-6-1-2-7-13(12)21/h1-8,21H,19H2,(H,24,25,26). The van der Waals surface area contributed by atoms with E-state index in [-0.39, 0.29) is 39.0 Å². The van der Waals surface area contributed by atoms with Crippen molar-refractivity contribution in [2.45, 2.75) is 4.90 Å². The molecule has 1 aliphatic rings. The first-order valence-corrected chi connectivity index (χ1v) is 9.15. The minimum absolute atomic E-state index is 0.0413. The number of para-hydroxylation sites is 2. The van der Waals surface area contributed by atoms with Crippen molar-refractivity contribution in [2.24, 2.45) is 0 Å². The van der Waals surface area contributed by atoms with Crippen LogP contribution >= 0.6 is 0 Å². The second kappa shape index (κ2) is 5.53. The third-order valence-corrected chi connectivity index (χ3v) is 5.33. The van der Waals surface area contributed by atoms with E-state index in [0.717, 1.165) is 11.0 Å². The number of hydrogen-bond acceptors (Lipinski definition) is 6. The molecule has 0 bridgehead atoms. The number of nitrogen functional groups attached to an aromatic ring is 1. The smallest absolute Gasteiger partial charge is 0.296 e. The summed E-state index contributed by atoms with van der Waals surface area (Å²) in [5.74, 6) is -1.81. The highest BCUT2D eigenvalue weighted by molar-refractivity contribution is 7.86. The molecule has 4 rings (SSSR count). The molecule has 0 fully saturated rings. The summed E-state index contributed by atoms with van der Waals surface area (Å²) < 4.78 is 32.8. The number of amides is 2. The zero-order valence-electron chi connectivity index (χ0n) is 13.6. The van der Waals surface area contributed by atoms with Gasteiger partial charge in [0.1, 0.15) is 10.6 Å². The van der Waals surface area contributed by atoms with Crippen molar-refractivity contribution in [3.8, 4) is 5.75 Å². The molecule has 0 aromatic heterocycles. The molecule has 0 radical (unpaired) electrons. The van der Waals surface area contributed by atoms with E-state index < -0.39 is 26.8 Å². The van der Waals surface area contributed by atoms with Crippen LogP contribution in [0.2, 0.25) is 0 Å². The lowest BCUT2D eigenvalue weighted by Crippen LogP contribution is -2.40. The van der Waals surface area contributed by atoms with Crippen LogP contribution in [0.4, 0.5) is 11.4 Å². The van der Waals surface area contributed by atoms with Gasteiger partial charge in [-0.1, -0.05) is 24.3 Å². The average Bonchev–Trinajstić information content (AvgIpc) is 2.61. The van der Waals surface area contributed by atoms with E-state index in [2.05, 4.69) is 0 Å². The minimum atomic E-state index is -4.70. The number of phenols is 1. The summed E-state index contributed by atoms with van der Waals surface area (Å²) in [5.41, 5.74) is 5.57. The highest BCUT2D eigenvalue weighted by Gasteiger charge is 2.37. The highest BCUT2D eigenvalue weighted by Crippen LogP contribution is 2.40. The first-order valence-electron chi connectivity index (χ1n) is 7.71. The number of phenolic OH excluding ortho intramolecular Hbond substituents is 1. The number of nitrogens with two attached hydrogens (primary N) is 1. The molecule has 0 atom stereocenters. The van der Waals surface area contributed by atoms with Gasteiger partial charge < -0.3 is 10.8 Å². The van der Waals surface area contributed by atoms with E-state index in [1.165, 1.54) is 42.5 Å². The second-order valence-corrected chi connectivity index (χ2v) is 7.36. The third-order valence-electron chi connectivity index (χ3n) is 4.43. The van der Waals surface area contributed by atoms with Crippen molar-refractivity contribution in [2.75, 3.05) is 10.6 Å². The number of anilines is 2. The van der Waals surface area contributed by atoms with Gasteiger partial charge in [-0.25, -0.2) is 4.90 Å². The fraction of sp³-hybridized carbons (Fsp3) is 0.